The zero-order chi connectivity index (χ0) is 14.2. The van der Waals surface area contributed by atoms with Crippen LogP contribution in [0.2, 0.25) is 0 Å². The Balaban J connectivity index is 2.31. The summed E-state index contributed by atoms with van der Waals surface area (Å²) in [5.41, 5.74) is 7.61. The van der Waals surface area contributed by atoms with Gasteiger partial charge in [-0.15, -0.1) is 10.2 Å². The van der Waals surface area contributed by atoms with E-state index in [1.165, 1.54) is 0 Å². The molecule has 0 aromatic carbocycles. The molecule has 19 heavy (non-hydrogen) atoms. The number of hydrogen-bond donors (Lipinski definition) is 2. The maximum atomic E-state index is 6.09. The average molecular weight is 263 g/mol. The Morgan fingerprint density at radius 2 is 2.00 bits per heavy atom. The topological polar surface area (TPSA) is 86.6 Å². The molecule has 2 heterocycles. The summed E-state index contributed by atoms with van der Waals surface area (Å²) in [6.07, 6.45) is 1.68. The molecule has 3 N–H and O–H groups in total. The van der Waals surface area contributed by atoms with Crippen molar-refractivity contribution in [2.24, 2.45) is 7.05 Å². The van der Waals surface area contributed by atoms with Gasteiger partial charge in [0.1, 0.15) is 12.1 Å². The van der Waals surface area contributed by atoms with Gasteiger partial charge in [-0.25, -0.2) is 4.68 Å². The molecule has 104 valence electrons. The maximum Gasteiger partial charge on any atom is 0.154 e. The van der Waals surface area contributed by atoms with Crippen LogP contribution < -0.4 is 11.1 Å². The van der Waals surface area contributed by atoms with Crippen LogP contribution in [0.25, 0.3) is 0 Å². The smallest absolute Gasteiger partial charge is 0.154 e. The fourth-order valence-electron chi connectivity index (χ4n) is 2.03. The van der Waals surface area contributed by atoms with Crippen molar-refractivity contribution in [2.75, 3.05) is 11.1 Å². The van der Waals surface area contributed by atoms with Crippen LogP contribution in [0.15, 0.2) is 6.33 Å². The summed E-state index contributed by atoms with van der Waals surface area (Å²) in [6, 6.07) is 0.244. The van der Waals surface area contributed by atoms with Crippen molar-refractivity contribution in [3.05, 3.63) is 17.8 Å². The van der Waals surface area contributed by atoms with Crippen LogP contribution in [0.1, 0.15) is 44.4 Å². The van der Waals surface area contributed by atoms with E-state index in [1.807, 2.05) is 30.1 Å². The first-order valence-electron chi connectivity index (χ1n) is 6.36. The first kappa shape index (κ1) is 13.4. The molecule has 2 aromatic rings. The third kappa shape index (κ3) is 2.40. The molecular formula is C12H21N7. The molecule has 0 aliphatic rings. The lowest BCUT2D eigenvalue weighted by Crippen LogP contribution is -2.16. The molecule has 1 atom stereocenters. The van der Waals surface area contributed by atoms with Gasteiger partial charge in [0, 0.05) is 13.1 Å². The second-order valence-corrected chi connectivity index (χ2v) is 5.05. The molecule has 0 amide bonds. The quantitative estimate of drug-likeness (QED) is 0.876. The Labute approximate surface area is 112 Å². The van der Waals surface area contributed by atoms with Crippen LogP contribution in [-0.4, -0.2) is 24.5 Å². The monoisotopic (exact) mass is 263 g/mol. The van der Waals surface area contributed by atoms with Gasteiger partial charge in [-0.3, -0.25) is 0 Å². The SMILES string of the molecule is Cc1nn(C(C)C)c(NC(C)c2nncn2C)c1N. The fourth-order valence-corrected chi connectivity index (χ4v) is 2.03. The van der Waals surface area contributed by atoms with Gasteiger partial charge in [0.15, 0.2) is 5.82 Å². The Hall–Kier alpha value is -2.05. The number of hydrogen-bond acceptors (Lipinski definition) is 5. The highest BCUT2D eigenvalue weighted by Crippen LogP contribution is 2.28. The van der Waals surface area contributed by atoms with Crippen molar-refractivity contribution in [2.45, 2.75) is 39.8 Å². The minimum Gasteiger partial charge on any atom is -0.394 e. The first-order chi connectivity index (χ1) is 8.91. The van der Waals surface area contributed by atoms with Crippen molar-refractivity contribution in [3.8, 4) is 0 Å². The lowest BCUT2D eigenvalue weighted by atomic mass is 10.3. The number of aryl methyl sites for hydroxylation is 2. The van der Waals surface area contributed by atoms with Crippen LogP contribution in [0.3, 0.4) is 0 Å². The summed E-state index contributed by atoms with van der Waals surface area (Å²) in [6.45, 7) is 8.08. The van der Waals surface area contributed by atoms with E-state index in [0.29, 0.717) is 5.69 Å². The van der Waals surface area contributed by atoms with Gasteiger partial charge in [-0.05, 0) is 27.7 Å². The molecule has 0 aliphatic heterocycles. The predicted molar refractivity (Wildman–Crippen MR) is 74.8 cm³/mol. The van der Waals surface area contributed by atoms with Crippen LogP contribution in [0.5, 0.6) is 0 Å². The average Bonchev–Trinajstić information content (AvgIpc) is 2.88. The van der Waals surface area contributed by atoms with Gasteiger partial charge in [-0.2, -0.15) is 5.10 Å². The number of aromatic nitrogens is 5. The Morgan fingerprint density at radius 1 is 1.32 bits per heavy atom. The lowest BCUT2D eigenvalue weighted by Gasteiger charge is -2.18. The molecule has 2 aromatic heterocycles. The van der Waals surface area contributed by atoms with E-state index in [-0.39, 0.29) is 12.1 Å². The minimum atomic E-state index is 0.00315. The van der Waals surface area contributed by atoms with Crippen molar-refractivity contribution < 1.29 is 0 Å². The number of anilines is 2. The van der Waals surface area contributed by atoms with E-state index in [2.05, 4.69) is 34.5 Å². The summed E-state index contributed by atoms with van der Waals surface area (Å²) >= 11 is 0. The highest BCUT2D eigenvalue weighted by Gasteiger charge is 2.19. The van der Waals surface area contributed by atoms with Gasteiger partial charge in [-0.1, -0.05) is 0 Å². The van der Waals surface area contributed by atoms with Crippen molar-refractivity contribution >= 4 is 11.5 Å². The molecule has 7 nitrogen and oxygen atoms in total. The highest BCUT2D eigenvalue weighted by molar-refractivity contribution is 5.65. The molecule has 1 unspecified atom stereocenters. The summed E-state index contributed by atoms with van der Waals surface area (Å²) in [4.78, 5) is 0. The predicted octanol–water partition coefficient (Wildman–Crippen LogP) is 1.66. The van der Waals surface area contributed by atoms with Gasteiger partial charge < -0.3 is 15.6 Å². The number of rotatable bonds is 4. The van der Waals surface area contributed by atoms with Gasteiger partial charge in [0.05, 0.1) is 17.4 Å². The third-order valence-corrected chi connectivity index (χ3v) is 3.11. The Kier molecular flexibility index (Phi) is 3.46. The summed E-state index contributed by atoms with van der Waals surface area (Å²) in [7, 11) is 1.92. The van der Waals surface area contributed by atoms with Crippen LogP contribution >= 0.6 is 0 Å². The van der Waals surface area contributed by atoms with Crippen molar-refractivity contribution in [1.29, 1.82) is 0 Å². The molecule has 0 radical (unpaired) electrons. The molecule has 0 saturated carbocycles. The fraction of sp³-hybridized carbons (Fsp3) is 0.583. The van der Waals surface area contributed by atoms with E-state index in [9.17, 15) is 0 Å². The van der Waals surface area contributed by atoms with E-state index >= 15 is 0 Å². The number of nitrogen functional groups attached to an aromatic ring is 1. The lowest BCUT2D eigenvalue weighted by molar-refractivity contribution is 0.530. The normalized spacial score (nSPS) is 12.9. The minimum absolute atomic E-state index is 0.00315. The van der Waals surface area contributed by atoms with Gasteiger partial charge >= 0.3 is 0 Å². The second-order valence-electron chi connectivity index (χ2n) is 5.05. The molecule has 0 spiro atoms. The van der Waals surface area contributed by atoms with E-state index in [4.69, 9.17) is 5.73 Å². The van der Waals surface area contributed by atoms with Crippen molar-refractivity contribution in [3.63, 3.8) is 0 Å². The Bertz CT molecular complexity index is 567. The molecule has 0 saturated heterocycles. The highest BCUT2D eigenvalue weighted by atomic mass is 15.4. The number of nitrogens with zero attached hydrogens (tertiary/aromatic N) is 5. The first-order valence-corrected chi connectivity index (χ1v) is 6.36. The maximum absolute atomic E-state index is 6.09. The molecule has 7 heteroatoms. The summed E-state index contributed by atoms with van der Waals surface area (Å²) in [5, 5.41) is 15.8. The molecule has 0 fully saturated rings. The van der Waals surface area contributed by atoms with Gasteiger partial charge in [0.25, 0.3) is 0 Å². The number of nitrogens with one attached hydrogen (secondary N) is 1. The van der Waals surface area contributed by atoms with E-state index in [0.717, 1.165) is 17.3 Å². The molecule has 0 bridgehead atoms. The second kappa shape index (κ2) is 4.91. The van der Waals surface area contributed by atoms with E-state index in [1.54, 1.807) is 6.33 Å². The largest absolute Gasteiger partial charge is 0.394 e. The summed E-state index contributed by atoms with van der Waals surface area (Å²) in [5.74, 6) is 1.69. The standard InChI is InChI=1S/C12H21N7/c1-7(2)19-12(10(13)8(3)17-19)15-9(4)11-16-14-6-18(11)5/h6-7,9,15H,13H2,1-5H3. The molecular weight excluding hydrogens is 242 g/mol. The molecule has 2 rings (SSSR count). The van der Waals surface area contributed by atoms with Crippen molar-refractivity contribution in [1.82, 2.24) is 24.5 Å². The number of nitrogens with two attached hydrogens (primary N) is 1. The van der Waals surface area contributed by atoms with Crippen LogP contribution in [0.4, 0.5) is 11.5 Å². The Morgan fingerprint density at radius 3 is 2.53 bits per heavy atom. The third-order valence-electron chi connectivity index (χ3n) is 3.11. The van der Waals surface area contributed by atoms with Crippen LogP contribution in [-0.2, 0) is 7.05 Å². The zero-order valence-electron chi connectivity index (χ0n) is 12.0. The van der Waals surface area contributed by atoms with Gasteiger partial charge in [0.2, 0.25) is 0 Å². The van der Waals surface area contributed by atoms with Crippen LogP contribution in [0, 0.1) is 6.92 Å². The zero-order valence-corrected chi connectivity index (χ0v) is 12.0. The molecule has 0 aliphatic carbocycles. The van der Waals surface area contributed by atoms with E-state index < -0.39 is 0 Å². The summed E-state index contributed by atoms with van der Waals surface area (Å²) < 4.78 is 3.79.